The molecule has 0 heterocycles. The third-order valence-corrected chi connectivity index (χ3v) is 31.9. The highest BCUT2D eigenvalue weighted by Gasteiger charge is 2.55. The Balaban J connectivity index is 0.000000141. The summed E-state index contributed by atoms with van der Waals surface area (Å²) in [5.41, 5.74) is 42.7. The second-order valence-electron chi connectivity index (χ2n) is 40.1. The van der Waals surface area contributed by atoms with E-state index in [-0.39, 0.29) is 0 Å². The van der Waals surface area contributed by atoms with E-state index in [1.807, 2.05) is 0 Å². The summed E-state index contributed by atoms with van der Waals surface area (Å²) in [6, 6.07) is 215. The van der Waals surface area contributed by atoms with Crippen LogP contribution in [0.1, 0.15) is 44.5 Å². The van der Waals surface area contributed by atoms with Gasteiger partial charge in [0.15, 0.2) is 0 Å². The van der Waals surface area contributed by atoms with Gasteiger partial charge in [-0.2, -0.15) is 0 Å². The Morgan fingerprint density at radius 1 is 0.107 bits per heavy atom. The van der Waals surface area contributed by atoms with Crippen molar-refractivity contribution >= 4 is 133 Å². The Morgan fingerprint density at radius 2 is 0.327 bits per heavy atom. The maximum Gasteiger partial charge on any atom is 0.0726 e. The number of fused-ring (bicyclic) bond motifs is 28. The predicted octanol–water partition coefficient (Wildman–Crippen LogP) is 39.5. The normalized spacial score (nSPS) is 12.6. The van der Waals surface area contributed by atoms with E-state index in [4.69, 9.17) is 0 Å². The lowest BCUT2D eigenvalue weighted by atomic mass is 9.70. The molecule has 4 aliphatic rings. The molecule has 4 nitrogen and oxygen atoms in total. The third-order valence-electron chi connectivity index (χ3n) is 31.9. The lowest BCUT2D eigenvalue weighted by Gasteiger charge is -2.31. The van der Waals surface area contributed by atoms with Crippen molar-refractivity contribution in [3.63, 3.8) is 0 Å². The van der Waals surface area contributed by atoms with Crippen LogP contribution in [0, 0.1) is 0 Å². The van der Waals surface area contributed by atoms with Crippen LogP contribution >= 0.6 is 0 Å². The number of anilines is 12. The summed E-state index contributed by atoms with van der Waals surface area (Å²) in [5.74, 6) is 0. The lowest BCUT2D eigenvalue weighted by Crippen LogP contribution is -2.26. The molecule has 0 N–H and O–H groups in total. The van der Waals surface area contributed by atoms with Gasteiger partial charge in [0.05, 0.1) is 10.8 Å². The zero-order chi connectivity index (χ0) is 98.9. The van der Waals surface area contributed by atoms with Gasteiger partial charge in [0, 0.05) is 68.2 Å². The fraction of sp³-hybridized carbons (Fsp3) is 0.0137. The molecule has 2 spiro atoms. The molecule has 0 atom stereocenters. The largest absolute Gasteiger partial charge is 0.310 e. The monoisotopic (exact) mass is 1900 g/mol. The molecule has 26 aromatic carbocycles. The van der Waals surface area contributed by atoms with E-state index in [2.05, 4.69) is 602 Å². The molecule has 0 unspecified atom stereocenters. The summed E-state index contributed by atoms with van der Waals surface area (Å²) in [5, 5.41) is 14.7. The van der Waals surface area contributed by atoms with Crippen LogP contribution in [-0.2, 0) is 10.8 Å². The Morgan fingerprint density at radius 3 is 0.640 bits per heavy atom. The summed E-state index contributed by atoms with van der Waals surface area (Å²) in [6.45, 7) is 0. The number of nitrogens with zero attached hydrogens (tertiary/aromatic N) is 4. The van der Waals surface area contributed by atoms with Crippen LogP contribution in [0.4, 0.5) is 68.2 Å². The zero-order valence-corrected chi connectivity index (χ0v) is 82.2. The summed E-state index contributed by atoms with van der Waals surface area (Å²) >= 11 is 0. The van der Waals surface area contributed by atoms with E-state index in [0.717, 1.165) is 68.2 Å². The highest BCUT2D eigenvalue weighted by atomic mass is 15.2. The molecule has 26 aromatic rings. The molecule has 700 valence electrons. The SMILES string of the molecule is c1ccc(-c2ccc(N(c3ccccc3)c3ccc4cc5c(cc4c3)C3(c4cc6cc(N(c7ccccc7)c7ccc(-c8ccccc8)cc7)ccc6cc4-5)c4ccccc4-c4c3ccc3ccccc43)cc2)cc1.c1ccc(-c2cccc(N(c3ccccc3)c3ccc4cc5c(cc4c3)C3(c4cc6cc(N(c7ccccc7)c7cccc(-c8ccccc8)c7)ccc6cc4-5)c4ccccc4-c4c3ccc3ccccc43)c2)cc1. The fourth-order valence-electron chi connectivity index (χ4n) is 25.2. The number of para-hydroxylation sites is 4. The van der Waals surface area contributed by atoms with Gasteiger partial charge in [-0.15, -0.1) is 0 Å². The van der Waals surface area contributed by atoms with Crippen molar-refractivity contribution in [2.45, 2.75) is 10.8 Å². The van der Waals surface area contributed by atoms with Gasteiger partial charge < -0.3 is 19.6 Å². The molecular formula is C146H96N4. The van der Waals surface area contributed by atoms with Crippen molar-refractivity contribution in [2.75, 3.05) is 19.6 Å². The van der Waals surface area contributed by atoms with Gasteiger partial charge in [0.1, 0.15) is 0 Å². The summed E-state index contributed by atoms with van der Waals surface area (Å²) in [7, 11) is 0. The Bertz CT molecular complexity index is 9370. The van der Waals surface area contributed by atoms with Crippen molar-refractivity contribution in [2.24, 2.45) is 0 Å². The fourth-order valence-corrected chi connectivity index (χ4v) is 25.2. The van der Waals surface area contributed by atoms with Gasteiger partial charge >= 0.3 is 0 Å². The Labute approximate surface area is 872 Å². The minimum Gasteiger partial charge on any atom is -0.310 e. The minimum atomic E-state index is -0.582. The molecule has 0 bridgehead atoms. The average Bonchev–Trinajstić information content (AvgIpc) is 1.50. The number of rotatable bonds is 16. The van der Waals surface area contributed by atoms with Gasteiger partial charge in [-0.25, -0.2) is 0 Å². The molecule has 0 saturated carbocycles. The molecule has 0 radical (unpaired) electrons. The van der Waals surface area contributed by atoms with Crippen LogP contribution < -0.4 is 19.6 Å². The van der Waals surface area contributed by atoms with E-state index < -0.39 is 10.8 Å². The van der Waals surface area contributed by atoms with Gasteiger partial charge in [-0.3, -0.25) is 0 Å². The minimum absolute atomic E-state index is 0.576. The van der Waals surface area contributed by atoms with Crippen molar-refractivity contribution in [3.8, 4) is 89.0 Å². The maximum absolute atomic E-state index is 2.53. The summed E-state index contributed by atoms with van der Waals surface area (Å²) < 4.78 is 0. The number of hydrogen-bond donors (Lipinski definition) is 0. The van der Waals surface area contributed by atoms with Crippen LogP contribution in [0.5, 0.6) is 0 Å². The zero-order valence-electron chi connectivity index (χ0n) is 82.2. The molecule has 4 aliphatic carbocycles. The van der Waals surface area contributed by atoms with Crippen LogP contribution in [0.25, 0.3) is 154 Å². The Hall–Kier alpha value is -19.5. The van der Waals surface area contributed by atoms with E-state index in [1.165, 1.54) is 198 Å². The first-order valence-corrected chi connectivity index (χ1v) is 52.0. The van der Waals surface area contributed by atoms with E-state index >= 15 is 0 Å². The van der Waals surface area contributed by atoms with Crippen LogP contribution in [0.15, 0.2) is 582 Å². The van der Waals surface area contributed by atoms with Gasteiger partial charge in [0.25, 0.3) is 0 Å². The number of hydrogen-bond acceptors (Lipinski definition) is 4. The third kappa shape index (κ3) is 14.3. The standard InChI is InChI=1S/2C73H48N2/c1-5-19-49(20-6-1)52-24-17-30-60(41-52)74(58-26-9-3-10-27-58)62-38-35-54-45-66-67-46-55-36-39-63(75(59-28-11-4-12-29-59)61-31-18-25-53(42-61)50-21-7-2-8-22-50)44-57(55)48-71(67)73(70(66)47-56(54)43-62)68-34-16-15-33-65(68)72-64-32-14-13-23-51(64)37-40-69(72)73;1-5-17-49(18-6-1)51-29-36-60(37-30-51)74(58-22-9-3-10-23-58)62-40-33-54-45-66-67-46-55-34-41-63(75(59-24-11-4-12-25-59)61-38-31-52(32-39-61)50-19-7-2-8-20-50)44-57(55)48-71(67)73(70(66)47-56(54)43-62)68-28-16-15-27-65(68)72-64-26-14-13-21-53(64)35-42-69(72)73/h2*1-48H. The highest BCUT2D eigenvalue weighted by Crippen LogP contribution is 2.68. The van der Waals surface area contributed by atoms with Gasteiger partial charge in [-0.05, 0) is 392 Å². The second kappa shape index (κ2) is 35.8. The van der Waals surface area contributed by atoms with Crippen molar-refractivity contribution in [1.82, 2.24) is 0 Å². The molecule has 0 aromatic heterocycles. The molecule has 4 heteroatoms. The predicted molar refractivity (Wildman–Crippen MR) is 631 cm³/mol. The Kier molecular flexibility index (Phi) is 20.8. The first kappa shape index (κ1) is 87.1. The van der Waals surface area contributed by atoms with Gasteiger partial charge in [0.2, 0.25) is 0 Å². The molecule has 0 amide bonds. The summed E-state index contributed by atoms with van der Waals surface area (Å²) in [4.78, 5) is 9.58. The molecule has 0 saturated heterocycles. The molecule has 0 aliphatic heterocycles. The molecule has 30 rings (SSSR count). The second-order valence-corrected chi connectivity index (χ2v) is 40.1. The number of benzene rings is 26. The molecule has 0 fully saturated rings. The first-order valence-electron chi connectivity index (χ1n) is 52.0. The average molecular weight is 1910 g/mol. The van der Waals surface area contributed by atoms with Gasteiger partial charge in [-0.1, -0.05) is 388 Å². The maximum atomic E-state index is 2.53. The van der Waals surface area contributed by atoms with Crippen molar-refractivity contribution in [3.05, 3.63) is 627 Å². The van der Waals surface area contributed by atoms with Crippen molar-refractivity contribution < 1.29 is 0 Å². The summed E-state index contributed by atoms with van der Waals surface area (Å²) in [6.07, 6.45) is 0. The van der Waals surface area contributed by atoms with Crippen LogP contribution in [-0.4, -0.2) is 0 Å². The van der Waals surface area contributed by atoms with Crippen LogP contribution in [0.3, 0.4) is 0 Å². The smallest absolute Gasteiger partial charge is 0.0726 e. The first-order chi connectivity index (χ1) is 74.3. The lowest BCUT2D eigenvalue weighted by molar-refractivity contribution is 0.797. The topological polar surface area (TPSA) is 13.0 Å². The van der Waals surface area contributed by atoms with Crippen molar-refractivity contribution in [1.29, 1.82) is 0 Å². The van der Waals surface area contributed by atoms with Crippen LogP contribution in [0.2, 0.25) is 0 Å². The quantitative estimate of drug-likeness (QED) is 0.0956. The molecular weight excluding hydrogens is 1810 g/mol. The van der Waals surface area contributed by atoms with E-state index in [9.17, 15) is 0 Å². The van der Waals surface area contributed by atoms with E-state index in [1.54, 1.807) is 0 Å². The molecule has 150 heavy (non-hydrogen) atoms. The van der Waals surface area contributed by atoms with E-state index in [0.29, 0.717) is 0 Å². The highest BCUT2D eigenvalue weighted by molar-refractivity contribution is 6.13.